The highest BCUT2D eigenvalue weighted by Crippen LogP contribution is 2.32. The van der Waals surface area contributed by atoms with Gasteiger partial charge in [0.25, 0.3) is 11.8 Å². The first kappa shape index (κ1) is 16.7. The molecule has 4 rings (SSSR count). The molecule has 0 aromatic heterocycles. The quantitative estimate of drug-likeness (QED) is 0.787. The summed E-state index contributed by atoms with van der Waals surface area (Å²) >= 11 is 0. The Morgan fingerprint density at radius 2 is 1.69 bits per heavy atom. The summed E-state index contributed by atoms with van der Waals surface area (Å²) < 4.78 is 5.69. The number of aliphatic carboxylic acids is 1. The minimum Gasteiger partial charge on any atom is -0.480 e. The molecule has 3 unspecified atom stereocenters. The van der Waals surface area contributed by atoms with E-state index in [4.69, 9.17) is 4.74 Å². The summed E-state index contributed by atoms with van der Waals surface area (Å²) in [6.07, 6.45) is 1.05. The summed E-state index contributed by atoms with van der Waals surface area (Å²) in [5, 5.41) is 9.49. The van der Waals surface area contributed by atoms with Crippen molar-refractivity contribution in [3.8, 4) is 0 Å². The molecular weight excluding hydrogens is 340 g/mol. The Hall–Kier alpha value is -2.74. The van der Waals surface area contributed by atoms with Gasteiger partial charge in [-0.2, -0.15) is 0 Å². The molecule has 2 saturated heterocycles. The van der Waals surface area contributed by atoms with E-state index in [0.717, 1.165) is 4.90 Å². The lowest BCUT2D eigenvalue weighted by Gasteiger charge is -2.39. The van der Waals surface area contributed by atoms with E-state index in [1.807, 2.05) is 0 Å². The van der Waals surface area contributed by atoms with Crippen LogP contribution in [0.3, 0.4) is 0 Å². The first-order valence-electron chi connectivity index (χ1n) is 8.64. The molecule has 0 saturated carbocycles. The van der Waals surface area contributed by atoms with Gasteiger partial charge in [0.05, 0.1) is 17.7 Å². The second-order valence-electron chi connectivity index (χ2n) is 6.69. The Balaban J connectivity index is 1.69. The zero-order valence-corrected chi connectivity index (χ0v) is 14.0. The van der Waals surface area contributed by atoms with E-state index in [2.05, 4.69) is 0 Å². The number of ether oxygens (including phenoxy) is 1. The zero-order chi connectivity index (χ0) is 18.4. The highest BCUT2D eigenvalue weighted by molar-refractivity contribution is 6.22. The van der Waals surface area contributed by atoms with Crippen molar-refractivity contribution in [3.05, 3.63) is 35.4 Å². The van der Waals surface area contributed by atoms with Crippen LogP contribution in [0.15, 0.2) is 24.3 Å². The number of hydrogen-bond acceptors (Lipinski definition) is 5. The molecule has 1 aromatic rings. The molecule has 0 aliphatic carbocycles. The monoisotopic (exact) mass is 358 g/mol. The number of carbonyl (C=O) groups is 4. The van der Waals surface area contributed by atoms with Gasteiger partial charge in [-0.15, -0.1) is 0 Å². The summed E-state index contributed by atoms with van der Waals surface area (Å²) in [5.74, 6) is -2.68. The molecule has 26 heavy (non-hydrogen) atoms. The Morgan fingerprint density at radius 3 is 2.31 bits per heavy atom. The topological polar surface area (TPSA) is 104 Å². The lowest BCUT2D eigenvalue weighted by molar-refractivity contribution is -0.168. The van der Waals surface area contributed by atoms with Crippen LogP contribution in [-0.4, -0.2) is 63.5 Å². The van der Waals surface area contributed by atoms with E-state index >= 15 is 0 Å². The lowest BCUT2D eigenvalue weighted by Crippen LogP contribution is -2.58. The summed E-state index contributed by atoms with van der Waals surface area (Å²) in [6.45, 7) is 0.178. The minimum absolute atomic E-state index is 0.156. The second-order valence-corrected chi connectivity index (χ2v) is 6.69. The fraction of sp³-hybridized carbons (Fsp3) is 0.444. The van der Waals surface area contributed by atoms with Crippen molar-refractivity contribution in [1.29, 1.82) is 0 Å². The number of carbonyl (C=O) groups excluding carboxylic acids is 3. The number of rotatable bonds is 2. The van der Waals surface area contributed by atoms with Gasteiger partial charge in [0.15, 0.2) is 0 Å². The third kappa shape index (κ3) is 2.40. The van der Waals surface area contributed by atoms with E-state index in [1.165, 1.54) is 4.90 Å². The van der Waals surface area contributed by atoms with Gasteiger partial charge in [0, 0.05) is 6.42 Å². The third-order valence-corrected chi connectivity index (χ3v) is 5.24. The average Bonchev–Trinajstić information content (AvgIpc) is 2.78. The maximum Gasteiger partial charge on any atom is 0.326 e. The van der Waals surface area contributed by atoms with Crippen LogP contribution in [-0.2, 0) is 14.3 Å². The third-order valence-electron chi connectivity index (χ3n) is 5.24. The number of carboxylic acids is 1. The smallest absolute Gasteiger partial charge is 0.326 e. The van der Waals surface area contributed by atoms with Crippen molar-refractivity contribution in [1.82, 2.24) is 9.80 Å². The van der Waals surface area contributed by atoms with Crippen molar-refractivity contribution < 1.29 is 29.0 Å². The van der Waals surface area contributed by atoms with Crippen molar-refractivity contribution in [2.45, 2.75) is 44.0 Å². The molecule has 3 atom stereocenters. The molecule has 3 heterocycles. The fourth-order valence-electron chi connectivity index (χ4n) is 4.01. The van der Waals surface area contributed by atoms with Crippen LogP contribution in [0.25, 0.3) is 0 Å². The van der Waals surface area contributed by atoms with Crippen LogP contribution in [0.5, 0.6) is 0 Å². The lowest BCUT2D eigenvalue weighted by atomic mass is 9.99. The second kappa shape index (κ2) is 6.21. The summed E-state index contributed by atoms with van der Waals surface area (Å²) in [4.78, 5) is 52.4. The number of amides is 3. The van der Waals surface area contributed by atoms with Crippen LogP contribution < -0.4 is 0 Å². The number of piperidine rings is 1. The van der Waals surface area contributed by atoms with Crippen LogP contribution >= 0.6 is 0 Å². The Kier molecular flexibility index (Phi) is 3.99. The maximum absolute atomic E-state index is 13.2. The van der Waals surface area contributed by atoms with Gasteiger partial charge in [-0.1, -0.05) is 12.1 Å². The predicted octanol–water partition coefficient (Wildman–Crippen LogP) is 0.863. The van der Waals surface area contributed by atoms with Crippen molar-refractivity contribution in [2.75, 3.05) is 6.61 Å². The number of fused-ring (bicyclic) bond motifs is 2. The normalized spacial score (nSPS) is 28.6. The molecule has 3 aliphatic heterocycles. The van der Waals surface area contributed by atoms with Crippen LogP contribution in [0.2, 0.25) is 0 Å². The first-order chi connectivity index (χ1) is 12.5. The van der Waals surface area contributed by atoms with E-state index < -0.39 is 42.0 Å². The van der Waals surface area contributed by atoms with Gasteiger partial charge in [-0.25, -0.2) is 4.79 Å². The van der Waals surface area contributed by atoms with Gasteiger partial charge in [0.2, 0.25) is 5.91 Å². The number of nitrogens with zero attached hydrogens (tertiary/aromatic N) is 2. The first-order valence-corrected chi connectivity index (χ1v) is 8.64. The van der Waals surface area contributed by atoms with Gasteiger partial charge in [-0.05, 0) is 31.4 Å². The molecule has 8 nitrogen and oxygen atoms in total. The minimum atomic E-state index is -1.10. The Morgan fingerprint density at radius 1 is 1.04 bits per heavy atom. The molecule has 0 radical (unpaired) electrons. The van der Waals surface area contributed by atoms with E-state index in [0.29, 0.717) is 19.3 Å². The molecule has 3 amide bonds. The highest BCUT2D eigenvalue weighted by Gasteiger charge is 2.49. The molecular formula is C18H18N2O6. The van der Waals surface area contributed by atoms with Crippen LogP contribution in [0.4, 0.5) is 0 Å². The van der Waals surface area contributed by atoms with E-state index in [9.17, 15) is 24.3 Å². The molecule has 2 fully saturated rings. The van der Waals surface area contributed by atoms with Crippen molar-refractivity contribution in [3.63, 3.8) is 0 Å². The van der Waals surface area contributed by atoms with E-state index in [1.54, 1.807) is 24.3 Å². The number of imide groups is 1. The molecule has 1 N–H and O–H groups in total. The van der Waals surface area contributed by atoms with Gasteiger partial charge < -0.3 is 14.7 Å². The summed E-state index contributed by atoms with van der Waals surface area (Å²) in [5.41, 5.74) is 0.529. The van der Waals surface area contributed by atoms with Crippen LogP contribution in [0.1, 0.15) is 46.4 Å². The molecule has 136 valence electrons. The standard InChI is InChI=1S/C18H18N2O6/c21-15-10-4-1-2-5-11(10)16(22)20(15)12-8-9-26-14-7-3-6-13(18(24)25)19(14)17(12)23/h1-2,4-5,12-14H,3,6-9H2,(H,24,25). The van der Waals surface area contributed by atoms with Crippen LogP contribution in [0, 0.1) is 0 Å². The van der Waals surface area contributed by atoms with Gasteiger partial charge in [0.1, 0.15) is 18.3 Å². The molecule has 1 aromatic carbocycles. The average molecular weight is 358 g/mol. The largest absolute Gasteiger partial charge is 0.480 e. The summed E-state index contributed by atoms with van der Waals surface area (Å²) in [7, 11) is 0. The number of benzene rings is 1. The maximum atomic E-state index is 13.2. The van der Waals surface area contributed by atoms with Crippen molar-refractivity contribution in [2.24, 2.45) is 0 Å². The number of carboxylic acid groups (broad SMARTS) is 1. The molecule has 0 spiro atoms. The SMILES string of the molecule is O=C(O)C1CCCC2OCCC(N3C(=O)c4ccccc4C3=O)C(=O)N21. The summed E-state index contributed by atoms with van der Waals surface area (Å²) in [6, 6.07) is 4.37. The zero-order valence-electron chi connectivity index (χ0n) is 14.0. The highest BCUT2D eigenvalue weighted by atomic mass is 16.5. The van der Waals surface area contributed by atoms with Crippen molar-refractivity contribution >= 4 is 23.7 Å². The fourth-order valence-corrected chi connectivity index (χ4v) is 4.01. The number of hydrogen-bond donors (Lipinski definition) is 1. The Bertz CT molecular complexity index is 772. The molecule has 0 bridgehead atoms. The predicted molar refractivity (Wildman–Crippen MR) is 87.2 cm³/mol. The van der Waals surface area contributed by atoms with E-state index in [-0.39, 0.29) is 24.2 Å². The molecule has 8 heteroatoms. The Labute approximate surface area is 149 Å². The molecule has 3 aliphatic rings. The van der Waals surface area contributed by atoms with Gasteiger partial charge >= 0.3 is 5.97 Å². The van der Waals surface area contributed by atoms with Gasteiger partial charge in [-0.3, -0.25) is 19.3 Å².